The first-order valence-electron chi connectivity index (χ1n) is 9.04. The minimum Gasteiger partial charge on any atom is -0.495 e. The van der Waals surface area contributed by atoms with E-state index in [1.807, 2.05) is 43.3 Å². The predicted octanol–water partition coefficient (Wildman–Crippen LogP) is 4.06. The van der Waals surface area contributed by atoms with E-state index in [-0.39, 0.29) is 30.2 Å². The van der Waals surface area contributed by atoms with Crippen LogP contribution < -0.4 is 15.4 Å². The number of carbonyl (C=O) groups is 2. The summed E-state index contributed by atoms with van der Waals surface area (Å²) in [5.41, 5.74) is 3.32. The summed E-state index contributed by atoms with van der Waals surface area (Å²) in [6.45, 7) is 8.53. The molecule has 2 rings (SSSR count). The summed E-state index contributed by atoms with van der Waals surface area (Å²) in [5, 5.41) is 5.66. The zero-order chi connectivity index (χ0) is 20.0. The number of benzene rings is 2. The number of hydrogen-bond acceptors (Lipinski definition) is 3. The van der Waals surface area contributed by atoms with Gasteiger partial charge in [-0.2, -0.15) is 0 Å². The summed E-state index contributed by atoms with van der Waals surface area (Å²) in [6, 6.07) is 13.1. The first-order chi connectivity index (χ1) is 12.7. The molecule has 2 aromatic carbocycles. The average Bonchev–Trinajstić information content (AvgIpc) is 2.60. The largest absolute Gasteiger partial charge is 0.495 e. The summed E-state index contributed by atoms with van der Waals surface area (Å²) >= 11 is 0. The van der Waals surface area contributed by atoms with Crippen molar-refractivity contribution in [2.75, 3.05) is 19.0 Å². The van der Waals surface area contributed by atoms with Gasteiger partial charge in [0, 0.05) is 18.5 Å². The van der Waals surface area contributed by atoms with Crippen LogP contribution in [0.5, 0.6) is 5.75 Å². The molecule has 0 aliphatic rings. The van der Waals surface area contributed by atoms with Gasteiger partial charge in [0.2, 0.25) is 5.91 Å². The lowest BCUT2D eigenvalue weighted by atomic mass is 9.87. The summed E-state index contributed by atoms with van der Waals surface area (Å²) in [7, 11) is 1.57. The van der Waals surface area contributed by atoms with Crippen molar-refractivity contribution < 1.29 is 14.3 Å². The molecule has 0 saturated heterocycles. The monoisotopic (exact) mass is 368 g/mol. The third-order valence-corrected chi connectivity index (χ3v) is 4.26. The van der Waals surface area contributed by atoms with Crippen molar-refractivity contribution in [3.05, 3.63) is 59.2 Å². The molecule has 0 radical (unpaired) electrons. The fraction of sp³-hybridized carbons (Fsp3) is 0.364. The summed E-state index contributed by atoms with van der Waals surface area (Å²) in [5.74, 6) is 0.253. The van der Waals surface area contributed by atoms with Crippen LogP contribution in [0.25, 0.3) is 0 Å². The summed E-state index contributed by atoms with van der Waals surface area (Å²) in [4.78, 5) is 24.4. The summed E-state index contributed by atoms with van der Waals surface area (Å²) in [6.07, 6.45) is 0.181. The average molecular weight is 368 g/mol. The molecule has 144 valence electrons. The van der Waals surface area contributed by atoms with Crippen LogP contribution in [-0.2, 0) is 10.2 Å². The van der Waals surface area contributed by atoms with E-state index in [0.29, 0.717) is 17.0 Å². The molecule has 5 heteroatoms. The molecular formula is C22H28N2O3. The minimum absolute atomic E-state index is 0.0342. The molecule has 27 heavy (non-hydrogen) atoms. The second-order valence-corrected chi connectivity index (χ2v) is 7.59. The van der Waals surface area contributed by atoms with Crippen LogP contribution in [0.1, 0.15) is 48.7 Å². The van der Waals surface area contributed by atoms with Crippen molar-refractivity contribution in [1.82, 2.24) is 5.32 Å². The highest BCUT2D eigenvalue weighted by molar-refractivity contribution is 5.95. The second-order valence-electron chi connectivity index (χ2n) is 7.59. The first kappa shape index (κ1) is 20.5. The van der Waals surface area contributed by atoms with Gasteiger partial charge in [-0.15, -0.1) is 0 Å². The number of anilines is 1. The quantitative estimate of drug-likeness (QED) is 0.808. The molecule has 0 bridgehead atoms. The smallest absolute Gasteiger partial charge is 0.251 e. The third-order valence-electron chi connectivity index (χ3n) is 4.26. The van der Waals surface area contributed by atoms with Crippen LogP contribution in [0.2, 0.25) is 0 Å². The Morgan fingerprint density at radius 1 is 1.07 bits per heavy atom. The van der Waals surface area contributed by atoms with Gasteiger partial charge in [-0.05, 0) is 42.2 Å². The highest BCUT2D eigenvalue weighted by Crippen LogP contribution is 2.31. The van der Waals surface area contributed by atoms with Crippen LogP contribution in [0.15, 0.2) is 42.5 Å². The standard InChI is InChI=1S/C22H28N2O3/c1-15-7-6-8-16(13-15)21(26)23-12-11-20(25)24-18-14-17(22(2,3)4)9-10-19(18)27-5/h6-10,13-14H,11-12H2,1-5H3,(H,23,26)(H,24,25). The Morgan fingerprint density at radius 2 is 1.81 bits per heavy atom. The van der Waals surface area contributed by atoms with E-state index in [2.05, 4.69) is 31.4 Å². The number of nitrogens with one attached hydrogen (secondary N) is 2. The Balaban J connectivity index is 1.94. The SMILES string of the molecule is COc1ccc(C(C)(C)C)cc1NC(=O)CCNC(=O)c1cccc(C)c1. The van der Waals surface area contributed by atoms with Crippen molar-refractivity contribution >= 4 is 17.5 Å². The number of rotatable bonds is 6. The van der Waals surface area contributed by atoms with Gasteiger partial charge in [0.25, 0.3) is 5.91 Å². The maximum atomic E-state index is 12.3. The van der Waals surface area contributed by atoms with E-state index in [1.165, 1.54) is 0 Å². The molecule has 0 spiro atoms. The number of ether oxygens (including phenoxy) is 1. The molecular weight excluding hydrogens is 340 g/mol. The van der Waals surface area contributed by atoms with Gasteiger partial charge in [0.15, 0.2) is 0 Å². The maximum absolute atomic E-state index is 12.3. The molecule has 0 unspecified atom stereocenters. The van der Waals surface area contributed by atoms with E-state index >= 15 is 0 Å². The lowest BCUT2D eigenvalue weighted by Gasteiger charge is -2.21. The maximum Gasteiger partial charge on any atom is 0.251 e. The number of carbonyl (C=O) groups excluding carboxylic acids is 2. The topological polar surface area (TPSA) is 67.4 Å². The Kier molecular flexibility index (Phi) is 6.61. The van der Waals surface area contributed by atoms with Gasteiger partial charge in [-0.3, -0.25) is 9.59 Å². The van der Waals surface area contributed by atoms with Gasteiger partial charge in [-0.1, -0.05) is 44.5 Å². The number of methoxy groups -OCH3 is 1. The molecule has 2 aromatic rings. The van der Waals surface area contributed by atoms with Gasteiger partial charge in [0.05, 0.1) is 12.8 Å². The van der Waals surface area contributed by atoms with E-state index in [4.69, 9.17) is 4.74 Å². The first-order valence-corrected chi connectivity index (χ1v) is 9.04. The zero-order valence-electron chi connectivity index (χ0n) is 16.7. The minimum atomic E-state index is -0.182. The van der Waals surface area contributed by atoms with Crippen LogP contribution in [0.4, 0.5) is 5.69 Å². The molecule has 2 amide bonds. The Morgan fingerprint density at radius 3 is 2.44 bits per heavy atom. The molecule has 0 heterocycles. The lowest BCUT2D eigenvalue weighted by Crippen LogP contribution is -2.27. The Bertz CT molecular complexity index is 823. The van der Waals surface area contributed by atoms with Crippen LogP contribution in [-0.4, -0.2) is 25.5 Å². The number of aryl methyl sites for hydroxylation is 1. The van der Waals surface area contributed by atoms with Crippen molar-refractivity contribution in [3.8, 4) is 5.75 Å². The normalized spacial score (nSPS) is 11.0. The Hall–Kier alpha value is -2.82. The van der Waals surface area contributed by atoms with Crippen molar-refractivity contribution in [3.63, 3.8) is 0 Å². The molecule has 2 N–H and O–H groups in total. The molecule has 0 aliphatic heterocycles. The molecule has 0 atom stereocenters. The van der Waals surface area contributed by atoms with Crippen LogP contribution in [0, 0.1) is 6.92 Å². The molecule has 0 saturated carbocycles. The molecule has 0 aliphatic carbocycles. The fourth-order valence-electron chi connectivity index (χ4n) is 2.66. The van der Waals surface area contributed by atoms with Gasteiger partial charge in [0.1, 0.15) is 5.75 Å². The van der Waals surface area contributed by atoms with E-state index in [0.717, 1.165) is 11.1 Å². The van der Waals surface area contributed by atoms with Gasteiger partial charge < -0.3 is 15.4 Å². The van der Waals surface area contributed by atoms with Crippen molar-refractivity contribution in [2.24, 2.45) is 0 Å². The predicted molar refractivity (Wildman–Crippen MR) is 108 cm³/mol. The number of amides is 2. The van der Waals surface area contributed by atoms with Gasteiger partial charge >= 0.3 is 0 Å². The fourth-order valence-corrected chi connectivity index (χ4v) is 2.66. The molecule has 5 nitrogen and oxygen atoms in total. The van der Waals surface area contributed by atoms with Crippen LogP contribution >= 0.6 is 0 Å². The molecule has 0 fully saturated rings. The van der Waals surface area contributed by atoms with Crippen LogP contribution in [0.3, 0.4) is 0 Å². The third kappa shape index (κ3) is 5.84. The highest BCUT2D eigenvalue weighted by Gasteiger charge is 2.17. The summed E-state index contributed by atoms with van der Waals surface area (Å²) < 4.78 is 5.34. The van der Waals surface area contributed by atoms with Crippen molar-refractivity contribution in [2.45, 2.75) is 39.5 Å². The zero-order valence-corrected chi connectivity index (χ0v) is 16.7. The second kappa shape index (κ2) is 8.71. The van der Waals surface area contributed by atoms with E-state index in [1.54, 1.807) is 13.2 Å². The number of hydrogen-bond donors (Lipinski definition) is 2. The van der Waals surface area contributed by atoms with E-state index in [9.17, 15) is 9.59 Å². The molecule has 0 aromatic heterocycles. The van der Waals surface area contributed by atoms with Crippen molar-refractivity contribution in [1.29, 1.82) is 0 Å². The highest BCUT2D eigenvalue weighted by atomic mass is 16.5. The lowest BCUT2D eigenvalue weighted by molar-refractivity contribution is -0.116. The van der Waals surface area contributed by atoms with E-state index < -0.39 is 0 Å². The van der Waals surface area contributed by atoms with Gasteiger partial charge in [-0.25, -0.2) is 0 Å². The Labute approximate surface area is 161 Å².